The largest absolute Gasteiger partial charge is 0.345 e. The normalized spacial score (nSPS) is 11.8. The minimum atomic E-state index is -0.120. The van der Waals surface area contributed by atoms with Gasteiger partial charge in [0.05, 0.1) is 17.1 Å². The van der Waals surface area contributed by atoms with E-state index in [1.165, 1.54) is 0 Å². The minimum absolute atomic E-state index is 0.0969. The molecule has 5 heteroatoms. The molecule has 30 heavy (non-hydrogen) atoms. The lowest BCUT2D eigenvalue weighted by atomic mass is 10.1. The summed E-state index contributed by atoms with van der Waals surface area (Å²) in [6.45, 7) is 1.99. The average Bonchev–Trinajstić information content (AvgIpc) is 2.79. The first kappa shape index (κ1) is 20.0. The lowest BCUT2D eigenvalue weighted by Gasteiger charge is -2.16. The second-order valence-corrected chi connectivity index (χ2v) is 7.91. The van der Waals surface area contributed by atoms with Crippen molar-refractivity contribution < 1.29 is 4.79 Å². The summed E-state index contributed by atoms with van der Waals surface area (Å²) in [5, 5.41) is 7.29. The van der Waals surface area contributed by atoms with E-state index in [9.17, 15) is 4.79 Å². The van der Waals surface area contributed by atoms with E-state index in [0.29, 0.717) is 11.4 Å². The Hall–Kier alpha value is -3.31. The number of hydrogen-bond acceptors (Lipinski definition) is 4. The second-order valence-electron chi connectivity index (χ2n) is 7.03. The van der Waals surface area contributed by atoms with E-state index in [4.69, 9.17) is 4.98 Å². The third kappa shape index (κ3) is 4.47. The number of rotatable bonds is 6. The van der Waals surface area contributed by atoms with Gasteiger partial charge in [0.1, 0.15) is 5.82 Å². The van der Waals surface area contributed by atoms with Crippen molar-refractivity contribution in [2.75, 3.05) is 11.6 Å². The number of nitrogens with one attached hydrogen (secondary N) is 2. The van der Waals surface area contributed by atoms with Crippen LogP contribution in [0.1, 0.15) is 28.9 Å². The number of para-hydroxylation sites is 1. The lowest BCUT2D eigenvalue weighted by molar-refractivity contribution is 0.0941. The third-order valence-electron chi connectivity index (χ3n) is 4.95. The Labute approximate surface area is 180 Å². The fraction of sp³-hybridized carbons (Fsp3) is 0.120. The summed E-state index contributed by atoms with van der Waals surface area (Å²) < 4.78 is 0. The standard InChI is InChI=1S/C25H23N3OS/c1-17(18-9-4-3-5-10-18)26-25(29)22-16-24(28-23-14-7-6-13-21(22)23)27-19-11-8-12-20(15-19)30-2/h3-17H,1-2H3,(H,26,29)(H,27,28)/t17-/m1/s1. The van der Waals surface area contributed by atoms with Crippen LogP contribution in [0.2, 0.25) is 0 Å². The van der Waals surface area contributed by atoms with Gasteiger partial charge in [-0.2, -0.15) is 0 Å². The number of nitrogens with zero attached hydrogens (tertiary/aromatic N) is 1. The first-order valence-electron chi connectivity index (χ1n) is 9.81. The molecule has 1 amide bonds. The Bertz CT molecular complexity index is 1180. The van der Waals surface area contributed by atoms with Gasteiger partial charge in [0.25, 0.3) is 5.91 Å². The van der Waals surface area contributed by atoms with Crippen molar-refractivity contribution in [3.63, 3.8) is 0 Å². The fourth-order valence-electron chi connectivity index (χ4n) is 3.38. The monoisotopic (exact) mass is 413 g/mol. The highest BCUT2D eigenvalue weighted by Gasteiger charge is 2.16. The van der Waals surface area contributed by atoms with E-state index in [-0.39, 0.29) is 11.9 Å². The number of aromatic nitrogens is 1. The van der Waals surface area contributed by atoms with Crippen LogP contribution in [0.4, 0.5) is 11.5 Å². The maximum absolute atomic E-state index is 13.2. The summed E-state index contributed by atoms with van der Waals surface area (Å²) in [6.07, 6.45) is 2.05. The quantitative estimate of drug-likeness (QED) is 0.370. The zero-order valence-electron chi connectivity index (χ0n) is 16.9. The lowest BCUT2D eigenvalue weighted by Crippen LogP contribution is -2.27. The van der Waals surface area contributed by atoms with Gasteiger partial charge in [0, 0.05) is 16.0 Å². The molecule has 0 aliphatic carbocycles. The van der Waals surface area contributed by atoms with Gasteiger partial charge in [-0.05, 0) is 49.1 Å². The number of carbonyl (C=O) groups is 1. The molecule has 0 spiro atoms. The topological polar surface area (TPSA) is 54.0 Å². The molecular weight excluding hydrogens is 390 g/mol. The molecule has 1 aromatic heterocycles. The smallest absolute Gasteiger partial charge is 0.252 e. The highest BCUT2D eigenvalue weighted by Crippen LogP contribution is 2.26. The number of fused-ring (bicyclic) bond motifs is 1. The predicted molar refractivity (Wildman–Crippen MR) is 126 cm³/mol. The molecule has 1 atom stereocenters. The van der Waals surface area contributed by atoms with Gasteiger partial charge in [0.15, 0.2) is 0 Å². The maximum atomic E-state index is 13.2. The zero-order chi connectivity index (χ0) is 20.9. The first-order chi connectivity index (χ1) is 14.6. The molecule has 0 aliphatic heterocycles. The molecule has 4 aromatic rings. The number of pyridine rings is 1. The highest BCUT2D eigenvalue weighted by atomic mass is 32.2. The average molecular weight is 414 g/mol. The Balaban J connectivity index is 1.67. The van der Waals surface area contributed by atoms with Gasteiger partial charge in [-0.3, -0.25) is 4.79 Å². The molecule has 4 rings (SSSR count). The van der Waals surface area contributed by atoms with Crippen LogP contribution in [-0.2, 0) is 0 Å². The molecule has 0 saturated carbocycles. The summed E-state index contributed by atoms with van der Waals surface area (Å²) in [7, 11) is 0. The van der Waals surface area contributed by atoms with E-state index in [2.05, 4.69) is 22.8 Å². The van der Waals surface area contributed by atoms with E-state index in [1.54, 1.807) is 11.8 Å². The molecule has 0 radical (unpaired) electrons. The summed E-state index contributed by atoms with van der Waals surface area (Å²) in [5.74, 6) is 0.523. The van der Waals surface area contributed by atoms with Crippen molar-refractivity contribution in [1.29, 1.82) is 0 Å². The molecule has 2 N–H and O–H groups in total. The number of benzene rings is 3. The van der Waals surface area contributed by atoms with Gasteiger partial charge in [-0.15, -0.1) is 11.8 Å². The van der Waals surface area contributed by atoms with Crippen molar-refractivity contribution in [2.24, 2.45) is 0 Å². The Morgan fingerprint density at radius 2 is 1.70 bits per heavy atom. The third-order valence-corrected chi connectivity index (χ3v) is 5.68. The molecule has 0 fully saturated rings. The molecular formula is C25H23N3OS. The van der Waals surface area contributed by atoms with Crippen molar-refractivity contribution in [3.8, 4) is 0 Å². The zero-order valence-corrected chi connectivity index (χ0v) is 17.7. The van der Waals surface area contributed by atoms with E-state index in [1.807, 2.05) is 86.0 Å². The Morgan fingerprint density at radius 3 is 2.50 bits per heavy atom. The minimum Gasteiger partial charge on any atom is -0.345 e. The number of amides is 1. The second kappa shape index (κ2) is 9.01. The molecule has 1 heterocycles. The van der Waals surface area contributed by atoms with Crippen molar-refractivity contribution in [2.45, 2.75) is 17.9 Å². The summed E-state index contributed by atoms with van der Waals surface area (Å²) in [5.41, 5.74) is 3.39. The van der Waals surface area contributed by atoms with Crippen LogP contribution >= 0.6 is 11.8 Å². The molecule has 4 nitrogen and oxygen atoms in total. The predicted octanol–water partition coefficient (Wildman–Crippen LogP) is 6.19. The first-order valence-corrected chi connectivity index (χ1v) is 11.0. The van der Waals surface area contributed by atoms with Crippen LogP contribution in [0.15, 0.2) is 89.8 Å². The van der Waals surface area contributed by atoms with Crippen LogP contribution in [-0.4, -0.2) is 17.1 Å². The fourth-order valence-corrected chi connectivity index (χ4v) is 3.83. The van der Waals surface area contributed by atoms with Gasteiger partial charge >= 0.3 is 0 Å². The van der Waals surface area contributed by atoms with Crippen LogP contribution in [0.25, 0.3) is 10.9 Å². The van der Waals surface area contributed by atoms with Gasteiger partial charge in [-0.25, -0.2) is 4.98 Å². The summed E-state index contributed by atoms with van der Waals surface area (Å²) in [4.78, 5) is 19.0. The Morgan fingerprint density at radius 1 is 0.933 bits per heavy atom. The van der Waals surface area contributed by atoms with E-state index < -0.39 is 0 Å². The number of anilines is 2. The molecule has 0 aliphatic rings. The van der Waals surface area contributed by atoms with Crippen molar-refractivity contribution in [3.05, 3.63) is 96.1 Å². The van der Waals surface area contributed by atoms with Crippen molar-refractivity contribution in [1.82, 2.24) is 10.3 Å². The SMILES string of the molecule is CSc1cccc(Nc2cc(C(=O)N[C@H](C)c3ccccc3)c3ccccc3n2)c1. The van der Waals surface area contributed by atoms with Gasteiger partial charge in [-0.1, -0.05) is 54.6 Å². The number of hydrogen-bond donors (Lipinski definition) is 2. The van der Waals surface area contributed by atoms with Crippen LogP contribution in [0, 0.1) is 0 Å². The van der Waals surface area contributed by atoms with Crippen LogP contribution in [0.3, 0.4) is 0 Å². The molecule has 150 valence electrons. The summed E-state index contributed by atoms with van der Waals surface area (Å²) in [6, 6.07) is 27.5. The number of carbonyl (C=O) groups excluding carboxylic acids is 1. The van der Waals surface area contributed by atoms with Crippen LogP contribution in [0.5, 0.6) is 0 Å². The molecule has 3 aromatic carbocycles. The maximum Gasteiger partial charge on any atom is 0.252 e. The highest BCUT2D eigenvalue weighted by molar-refractivity contribution is 7.98. The van der Waals surface area contributed by atoms with E-state index >= 15 is 0 Å². The summed E-state index contributed by atoms with van der Waals surface area (Å²) >= 11 is 1.68. The molecule has 0 saturated heterocycles. The molecule has 0 bridgehead atoms. The Kier molecular flexibility index (Phi) is 6.00. The van der Waals surface area contributed by atoms with Crippen molar-refractivity contribution >= 4 is 40.1 Å². The van der Waals surface area contributed by atoms with Crippen LogP contribution < -0.4 is 10.6 Å². The van der Waals surface area contributed by atoms with Gasteiger partial charge in [0.2, 0.25) is 0 Å². The molecule has 0 unspecified atom stereocenters. The number of thioether (sulfide) groups is 1. The van der Waals surface area contributed by atoms with E-state index in [0.717, 1.165) is 27.0 Å². The van der Waals surface area contributed by atoms with Gasteiger partial charge < -0.3 is 10.6 Å².